The second-order valence-corrected chi connectivity index (χ2v) is 6.60. The van der Waals surface area contributed by atoms with Crippen LogP contribution in [0.5, 0.6) is 0 Å². The van der Waals surface area contributed by atoms with E-state index in [9.17, 15) is 0 Å². The maximum atomic E-state index is 4.63. The maximum Gasteiger partial charge on any atom is 0.157 e. The topological polar surface area (TPSA) is 24.4 Å². The summed E-state index contributed by atoms with van der Waals surface area (Å²) in [6.45, 7) is 3.26. The molecule has 0 bridgehead atoms. The molecule has 1 aliphatic carbocycles. The average molecular weight is 260 g/mol. The Morgan fingerprint density at radius 1 is 1.33 bits per heavy atom. The first-order valence-corrected chi connectivity index (χ1v) is 7.71. The predicted octanol–water partition coefficient (Wildman–Crippen LogP) is 3.09. The lowest BCUT2D eigenvalue weighted by atomic mass is 10.1. The molecule has 18 heavy (non-hydrogen) atoms. The molecule has 2 atom stereocenters. The molecular weight excluding hydrogens is 240 g/mol. The second-order valence-electron chi connectivity index (χ2n) is 5.37. The zero-order valence-corrected chi connectivity index (χ0v) is 11.6. The summed E-state index contributed by atoms with van der Waals surface area (Å²) in [4.78, 5) is 4.63. The maximum absolute atomic E-state index is 4.63. The van der Waals surface area contributed by atoms with Gasteiger partial charge < -0.3 is 5.32 Å². The quantitative estimate of drug-likeness (QED) is 0.899. The van der Waals surface area contributed by atoms with E-state index in [0.717, 1.165) is 29.3 Å². The van der Waals surface area contributed by atoms with Crippen molar-refractivity contribution in [2.75, 3.05) is 6.54 Å². The summed E-state index contributed by atoms with van der Waals surface area (Å²) in [6.07, 6.45) is 3.90. The van der Waals surface area contributed by atoms with E-state index >= 15 is 0 Å². The van der Waals surface area contributed by atoms with Crippen molar-refractivity contribution in [1.82, 2.24) is 5.32 Å². The Labute approximate surface area is 113 Å². The van der Waals surface area contributed by atoms with Crippen LogP contribution in [0.4, 0.5) is 0 Å². The Kier molecular flexibility index (Phi) is 3.59. The molecule has 2 unspecified atom stereocenters. The molecule has 96 valence electrons. The number of aliphatic imine (C=N–C) groups is 1. The van der Waals surface area contributed by atoms with Crippen LogP contribution in [-0.2, 0) is 6.42 Å². The van der Waals surface area contributed by atoms with E-state index in [1.165, 1.54) is 18.4 Å². The fraction of sp³-hybridized carbons (Fsp3) is 0.533. The third-order valence-corrected chi connectivity index (χ3v) is 4.89. The van der Waals surface area contributed by atoms with Gasteiger partial charge in [-0.25, -0.2) is 0 Å². The third-order valence-electron chi connectivity index (χ3n) is 3.58. The summed E-state index contributed by atoms with van der Waals surface area (Å²) in [6, 6.07) is 11.1. The molecular formula is C15H20N2S. The van der Waals surface area contributed by atoms with Gasteiger partial charge in [-0.2, -0.15) is 0 Å². The van der Waals surface area contributed by atoms with Crippen molar-refractivity contribution >= 4 is 16.9 Å². The van der Waals surface area contributed by atoms with E-state index < -0.39 is 0 Å². The molecule has 0 amide bonds. The summed E-state index contributed by atoms with van der Waals surface area (Å²) >= 11 is 1.96. The lowest BCUT2D eigenvalue weighted by molar-refractivity contribution is 0.664. The Bertz CT molecular complexity index is 425. The zero-order valence-electron chi connectivity index (χ0n) is 10.8. The van der Waals surface area contributed by atoms with Crippen molar-refractivity contribution in [2.24, 2.45) is 10.9 Å². The van der Waals surface area contributed by atoms with Crippen molar-refractivity contribution in [3.8, 4) is 0 Å². The molecule has 1 heterocycles. The zero-order chi connectivity index (χ0) is 12.4. The van der Waals surface area contributed by atoms with E-state index in [2.05, 4.69) is 47.6 Å². The van der Waals surface area contributed by atoms with Crippen LogP contribution in [0.3, 0.4) is 0 Å². The van der Waals surface area contributed by atoms with Gasteiger partial charge in [0.05, 0.1) is 6.54 Å². The molecule has 1 N–H and O–H groups in total. The third kappa shape index (κ3) is 3.08. The molecule has 0 spiro atoms. The van der Waals surface area contributed by atoms with E-state index in [0.29, 0.717) is 6.04 Å². The molecule has 1 saturated carbocycles. The van der Waals surface area contributed by atoms with Crippen LogP contribution in [0.2, 0.25) is 0 Å². The summed E-state index contributed by atoms with van der Waals surface area (Å²) in [5, 5.41) is 5.48. The van der Waals surface area contributed by atoms with Gasteiger partial charge in [-0.3, -0.25) is 4.99 Å². The second kappa shape index (κ2) is 5.35. The number of thioether (sulfide) groups is 1. The first kappa shape index (κ1) is 12.1. The van der Waals surface area contributed by atoms with E-state index in [4.69, 9.17) is 0 Å². The van der Waals surface area contributed by atoms with Crippen molar-refractivity contribution in [2.45, 2.75) is 37.5 Å². The van der Waals surface area contributed by atoms with Gasteiger partial charge in [-0.1, -0.05) is 42.1 Å². The van der Waals surface area contributed by atoms with Crippen LogP contribution >= 0.6 is 11.8 Å². The molecule has 3 heteroatoms. The van der Waals surface area contributed by atoms with Gasteiger partial charge in [-0.15, -0.1) is 0 Å². The molecule has 0 saturated heterocycles. The average Bonchev–Trinajstić information content (AvgIpc) is 3.12. The first-order valence-electron chi connectivity index (χ1n) is 6.83. The molecule has 2 nitrogen and oxygen atoms in total. The molecule has 1 fully saturated rings. The Balaban J connectivity index is 1.48. The Hall–Kier alpha value is -0.960. The van der Waals surface area contributed by atoms with E-state index in [1.807, 2.05) is 11.8 Å². The van der Waals surface area contributed by atoms with Crippen molar-refractivity contribution in [1.29, 1.82) is 0 Å². The number of amidine groups is 1. The molecule has 2 aliphatic rings. The highest BCUT2D eigenvalue weighted by Gasteiger charge is 2.35. The van der Waals surface area contributed by atoms with Gasteiger partial charge in [0, 0.05) is 11.3 Å². The number of hydrogen-bond donors (Lipinski definition) is 1. The minimum absolute atomic E-state index is 0.455. The Morgan fingerprint density at radius 2 is 2.11 bits per heavy atom. The smallest absolute Gasteiger partial charge is 0.157 e. The minimum Gasteiger partial charge on any atom is -0.362 e. The number of rotatable bonds is 4. The van der Waals surface area contributed by atoms with Crippen molar-refractivity contribution in [3.05, 3.63) is 35.9 Å². The summed E-state index contributed by atoms with van der Waals surface area (Å²) in [5.41, 5.74) is 1.39. The summed E-state index contributed by atoms with van der Waals surface area (Å²) in [5.74, 6) is 0.947. The van der Waals surface area contributed by atoms with Crippen LogP contribution in [-0.4, -0.2) is 23.0 Å². The van der Waals surface area contributed by atoms with E-state index in [-0.39, 0.29) is 0 Å². The highest BCUT2D eigenvalue weighted by Crippen LogP contribution is 2.41. The van der Waals surface area contributed by atoms with Gasteiger partial charge in [-0.05, 0) is 37.7 Å². The molecule has 0 radical (unpaired) electrons. The van der Waals surface area contributed by atoms with Crippen LogP contribution in [0.15, 0.2) is 35.3 Å². The van der Waals surface area contributed by atoms with Gasteiger partial charge >= 0.3 is 0 Å². The van der Waals surface area contributed by atoms with Gasteiger partial charge in [0.1, 0.15) is 0 Å². The van der Waals surface area contributed by atoms with Crippen LogP contribution in [0.25, 0.3) is 0 Å². The lowest BCUT2D eigenvalue weighted by Gasteiger charge is -2.15. The molecule has 3 rings (SSSR count). The van der Waals surface area contributed by atoms with Gasteiger partial charge in [0.25, 0.3) is 0 Å². The number of nitrogens with zero attached hydrogens (tertiary/aromatic N) is 1. The van der Waals surface area contributed by atoms with Crippen LogP contribution in [0.1, 0.15) is 25.3 Å². The monoisotopic (exact) mass is 260 g/mol. The number of benzene rings is 1. The van der Waals surface area contributed by atoms with Crippen molar-refractivity contribution in [3.63, 3.8) is 0 Å². The first-order chi connectivity index (χ1) is 8.81. The lowest BCUT2D eigenvalue weighted by Crippen LogP contribution is -2.31. The predicted molar refractivity (Wildman–Crippen MR) is 79.1 cm³/mol. The number of nitrogens with one attached hydrogen (secondary N) is 1. The number of hydrogen-bond acceptors (Lipinski definition) is 3. The highest BCUT2D eigenvalue weighted by atomic mass is 32.2. The highest BCUT2D eigenvalue weighted by molar-refractivity contribution is 8.14. The molecule has 1 aromatic carbocycles. The van der Waals surface area contributed by atoms with Crippen molar-refractivity contribution < 1.29 is 0 Å². The SMILES string of the molecule is CC(Cc1ccccc1)NC1=NCC(C2CC2)S1. The van der Waals surface area contributed by atoms with E-state index in [1.54, 1.807) is 0 Å². The normalized spacial score (nSPS) is 24.7. The fourth-order valence-electron chi connectivity index (χ4n) is 2.41. The largest absolute Gasteiger partial charge is 0.362 e. The van der Waals surface area contributed by atoms with Crippen LogP contribution in [0, 0.1) is 5.92 Å². The Morgan fingerprint density at radius 3 is 2.83 bits per heavy atom. The van der Waals surface area contributed by atoms with Gasteiger partial charge in [0.15, 0.2) is 5.17 Å². The van der Waals surface area contributed by atoms with Crippen LogP contribution < -0.4 is 5.32 Å². The molecule has 1 aliphatic heterocycles. The fourth-order valence-corrected chi connectivity index (χ4v) is 3.73. The molecule has 1 aromatic rings. The molecule has 0 aromatic heterocycles. The minimum atomic E-state index is 0.455. The van der Waals surface area contributed by atoms with Gasteiger partial charge in [0.2, 0.25) is 0 Å². The summed E-state index contributed by atoms with van der Waals surface area (Å²) in [7, 11) is 0. The standard InChI is InChI=1S/C15H20N2S/c1-11(9-12-5-3-2-4-6-12)17-15-16-10-14(18-15)13-7-8-13/h2-6,11,13-14H,7-10H2,1H3,(H,16,17). The summed E-state index contributed by atoms with van der Waals surface area (Å²) < 4.78 is 0.